The number of piperidine rings is 1. The topological polar surface area (TPSA) is 26.7 Å². The van der Waals surface area contributed by atoms with Gasteiger partial charge in [0, 0.05) is 12.6 Å². The van der Waals surface area contributed by atoms with Crippen LogP contribution < -0.4 is 0 Å². The summed E-state index contributed by atoms with van der Waals surface area (Å²) in [4.78, 5) is 4.96. The Morgan fingerprint density at radius 3 is 2.38 bits per heavy atom. The zero-order valence-electron chi connectivity index (χ0n) is 13.8. The monoisotopic (exact) mass is 290 g/mol. The van der Waals surface area contributed by atoms with Crippen LogP contribution in [-0.2, 0) is 6.42 Å². The summed E-state index contributed by atoms with van der Waals surface area (Å²) in [6.45, 7) is 6.08. The number of aryl methyl sites for hydroxylation is 1. The molecule has 118 valence electrons. The molecule has 1 saturated heterocycles. The molecular weight excluding hydrogens is 260 g/mol. The number of rotatable bonds is 6. The first-order valence-electron chi connectivity index (χ1n) is 8.21. The van der Waals surface area contributed by atoms with Crippen LogP contribution in [0.3, 0.4) is 0 Å². The first kappa shape index (κ1) is 16.3. The Kier molecular flexibility index (Phi) is 6.07. The third kappa shape index (κ3) is 5.33. The first-order chi connectivity index (χ1) is 10.0. The van der Waals surface area contributed by atoms with E-state index in [1.807, 2.05) is 12.1 Å². The van der Waals surface area contributed by atoms with E-state index in [0.717, 1.165) is 12.3 Å². The number of phenols is 1. The second-order valence-electron chi connectivity index (χ2n) is 6.80. The summed E-state index contributed by atoms with van der Waals surface area (Å²) in [5.74, 6) is 1.23. The molecule has 0 bridgehead atoms. The Morgan fingerprint density at radius 2 is 1.81 bits per heavy atom. The molecule has 21 heavy (non-hydrogen) atoms. The quantitative estimate of drug-likeness (QED) is 0.872. The van der Waals surface area contributed by atoms with Crippen LogP contribution >= 0.6 is 0 Å². The number of hydrogen-bond acceptors (Lipinski definition) is 3. The number of benzene rings is 1. The Labute approximate surface area is 129 Å². The Hall–Kier alpha value is -1.06. The number of likely N-dealkylation sites (tertiary alicyclic amines) is 1. The zero-order chi connectivity index (χ0) is 15.2. The van der Waals surface area contributed by atoms with Crippen molar-refractivity contribution in [2.24, 2.45) is 5.92 Å². The number of phenolic OH excluding ortho intramolecular Hbond substituents is 1. The number of aromatic hydroxyl groups is 1. The van der Waals surface area contributed by atoms with Crippen molar-refractivity contribution >= 4 is 0 Å². The summed E-state index contributed by atoms with van der Waals surface area (Å²) in [6, 6.07) is 8.29. The molecule has 1 aromatic rings. The lowest BCUT2D eigenvalue weighted by Gasteiger charge is -2.37. The highest BCUT2D eigenvalue weighted by atomic mass is 16.3. The van der Waals surface area contributed by atoms with Gasteiger partial charge in [0.25, 0.3) is 0 Å². The summed E-state index contributed by atoms with van der Waals surface area (Å²) in [5.41, 5.74) is 1.32. The number of hydrogen-bond donors (Lipinski definition) is 1. The highest BCUT2D eigenvalue weighted by Crippen LogP contribution is 2.21. The van der Waals surface area contributed by atoms with Crippen LogP contribution in [0.15, 0.2) is 24.3 Å². The van der Waals surface area contributed by atoms with Gasteiger partial charge < -0.3 is 14.9 Å². The summed E-state index contributed by atoms with van der Waals surface area (Å²) in [7, 11) is 4.35. The van der Waals surface area contributed by atoms with E-state index in [9.17, 15) is 5.11 Å². The van der Waals surface area contributed by atoms with Crippen molar-refractivity contribution in [1.82, 2.24) is 9.80 Å². The fourth-order valence-electron chi connectivity index (χ4n) is 3.31. The van der Waals surface area contributed by atoms with Gasteiger partial charge in [-0.25, -0.2) is 0 Å². The van der Waals surface area contributed by atoms with Gasteiger partial charge in [0.1, 0.15) is 5.75 Å². The van der Waals surface area contributed by atoms with E-state index in [0.29, 0.717) is 11.8 Å². The molecule has 1 fully saturated rings. The Morgan fingerprint density at radius 1 is 1.19 bits per heavy atom. The fraction of sp³-hybridized carbons (Fsp3) is 0.667. The largest absolute Gasteiger partial charge is 0.508 e. The molecule has 3 nitrogen and oxygen atoms in total. The maximum absolute atomic E-state index is 9.31. The average Bonchev–Trinajstić information content (AvgIpc) is 2.46. The van der Waals surface area contributed by atoms with E-state index in [2.05, 4.69) is 30.8 Å². The Balaban J connectivity index is 1.72. The molecule has 2 rings (SSSR count). The van der Waals surface area contributed by atoms with E-state index in [1.54, 1.807) is 12.1 Å². The van der Waals surface area contributed by atoms with Crippen molar-refractivity contribution in [3.05, 3.63) is 29.8 Å². The highest BCUT2D eigenvalue weighted by Gasteiger charge is 2.22. The predicted molar refractivity (Wildman–Crippen MR) is 88.7 cm³/mol. The summed E-state index contributed by atoms with van der Waals surface area (Å²) in [6.07, 6.45) is 4.96. The van der Waals surface area contributed by atoms with Crippen LogP contribution in [0.5, 0.6) is 5.75 Å². The van der Waals surface area contributed by atoms with Crippen LogP contribution in [0.25, 0.3) is 0 Å². The highest BCUT2D eigenvalue weighted by molar-refractivity contribution is 5.25. The van der Waals surface area contributed by atoms with Crippen LogP contribution in [0.2, 0.25) is 0 Å². The van der Waals surface area contributed by atoms with Crippen LogP contribution in [0.1, 0.15) is 31.7 Å². The molecule has 0 saturated carbocycles. The molecule has 0 amide bonds. The van der Waals surface area contributed by atoms with Crippen molar-refractivity contribution in [3.8, 4) is 5.75 Å². The molecule has 1 N–H and O–H groups in total. The molecule has 1 heterocycles. The van der Waals surface area contributed by atoms with Crippen molar-refractivity contribution < 1.29 is 5.11 Å². The maximum Gasteiger partial charge on any atom is 0.115 e. The molecule has 1 unspecified atom stereocenters. The lowest BCUT2D eigenvalue weighted by Crippen LogP contribution is -2.42. The van der Waals surface area contributed by atoms with Gasteiger partial charge in [0.15, 0.2) is 0 Å². The molecule has 0 aliphatic carbocycles. The molecule has 0 aromatic heterocycles. The second-order valence-corrected chi connectivity index (χ2v) is 6.80. The van der Waals surface area contributed by atoms with E-state index in [1.165, 1.54) is 44.5 Å². The van der Waals surface area contributed by atoms with Gasteiger partial charge in [-0.2, -0.15) is 0 Å². The van der Waals surface area contributed by atoms with Crippen LogP contribution in [0.4, 0.5) is 0 Å². The van der Waals surface area contributed by atoms with E-state index in [-0.39, 0.29) is 0 Å². The molecular formula is C18H30N2O. The minimum absolute atomic E-state index is 0.356. The molecule has 1 aromatic carbocycles. The van der Waals surface area contributed by atoms with Crippen molar-refractivity contribution in [2.75, 3.05) is 33.7 Å². The van der Waals surface area contributed by atoms with E-state index in [4.69, 9.17) is 0 Å². The van der Waals surface area contributed by atoms with E-state index < -0.39 is 0 Å². The molecule has 0 spiro atoms. The van der Waals surface area contributed by atoms with Gasteiger partial charge in [0.05, 0.1) is 0 Å². The normalized spacial score (nSPS) is 19.0. The average molecular weight is 290 g/mol. The van der Waals surface area contributed by atoms with E-state index >= 15 is 0 Å². The first-order valence-corrected chi connectivity index (χ1v) is 8.21. The summed E-state index contributed by atoms with van der Waals surface area (Å²) >= 11 is 0. The van der Waals surface area contributed by atoms with Gasteiger partial charge >= 0.3 is 0 Å². The van der Waals surface area contributed by atoms with Gasteiger partial charge in [-0.05, 0) is 83.4 Å². The third-order valence-corrected chi connectivity index (χ3v) is 4.68. The lowest BCUT2D eigenvalue weighted by molar-refractivity contribution is 0.123. The molecule has 0 radical (unpaired) electrons. The standard InChI is InChI=1S/C18H30N2O/c1-15(4-5-16-6-8-18(21)9-7-16)20-12-10-17(11-13-20)14-19(2)3/h6-9,15,17,21H,4-5,10-14H2,1-3H3. The minimum atomic E-state index is 0.356. The third-order valence-electron chi connectivity index (χ3n) is 4.68. The Bertz CT molecular complexity index is 408. The zero-order valence-corrected chi connectivity index (χ0v) is 13.8. The summed E-state index contributed by atoms with van der Waals surface area (Å²) < 4.78 is 0. The maximum atomic E-state index is 9.31. The van der Waals surface area contributed by atoms with Crippen molar-refractivity contribution in [3.63, 3.8) is 0 Å². The van der Waals surface area contributed by atoms with Crippen molar-refractivity contribution in [1.29, 1.82) is 0 Å². The molecule has 1 atom stereocenters. The molecule has 1 aliphatic heterocycles. The lowest BCUT2D eigenvalue weighted by atomic mass is 9.94. The fourth-order valence-corrected chi connectivity index (χ4v) is 3.31. The molecule has 1 aliphatic rings. The number of nitrogens with zero attached hydrogens (tertiary/aromatic N) is 2. The van der Waals surface area contributed by atoms with Gasteiger partial charge in [0.2, 0.25) is 0 Å². The summed E-state index contributed by atoms with van der Waals surface area (Å²) in [5, 5.41) is 9.31. The predicted octanol–water partition coefficient (Wildman–Crippen LogP) is 2.99. The van der Waals surface area contributed by atoms with Gasteiger partial charge in [-0.1, -0.05) is 12.1 Å². The van der Waals surface area contributed by atoms with Gasteiger partial charge in [-0.15, -0.1) is 0 Å². The van der Waals surface area contributed by atoms with Crippen LogP contribution in [-0.4, -0.2) is 54.7 Å². The smallest absolute Gasteiger partial charge is 0.115 e. The van der Waals surface area contributed by atoms with Gasteiger partial charge in [-0.3, -0.25) is 0 Å². The van der Waals surface area contributed by atoms with Crippen LogP contribution in [0, 0.1) is 5.92 Å². The molecule has 3 heteroatoms. The minimum Gasteiger partial charge on any atom is -0.508 e. The second kappa shape index (κ2) is 7.81. The van der Waals surface area contributed by atoms with Crippen molar-refractivity contribution in [2.45, 2.75) is 38.6 Å². The SMILES string of the molecule is CC(CCc1ccc(O)cc1)N1CCC(CN(C)C)CC1.